The molecular formula is C8H11N3O. The van der Waals surface area contributed by atoms with Crippen molar-refractivity contribution in [3.05, 3.63) is 27.9 Å². The zero-order valence-corrected chi connectivity index (χ0v) is 6.76. The number of nitrogens with zero attached hydrogens (tertiary/aromatic N) is 1. The first-order chi connectivity index (χ1) is 5.86. The molecule has 0 bridgehead atoms. The van der Waals surface area contributed by atoms with Gasteiger partial charge in [-0.3, -0.25) is 0 Å². The van der Waals surface area contributed by atoms with Crippen LogP contribution in [0.2, 0.25) is 0 Å². The van der Waals surface area contributed by atoms with Gasteiger partial charge in [-0.15, -0.1) is 0 Å². The van der Waals surface area contributed by atoms with Crippen LogP contribution < -0.4 is 11.0 Å². The molecule has 0 aromatic carbocycles. The predicted molar refractivity (Wildman–Crippen MR) is 45.1 cm³/mol. The average Bonchev–Trinajstić information content (AvgIpc) is 2.28. The summed E-state index contributed by atoms with van der Waals surface area (Å²) in [6, 6.07) is 0. The van der Waals surface area contributed by atoms with Crippen molar-refractivity contribution < 1.29 is 0 Å². The maximum Gasteiger partial charge on any atom is 0.345 e. The quantitative estimate of drug-likeness (QED) is 0.542. The Hall–Kier alpha value is -1.16. The lowest BCUT2D eigenvalue weighted by atomic mass is 10.1. The number of H-pyrrole nitrogens is 1. The summed E-state index contributed by atoms with van der Waals surface area (Å²) in [4.78, 5) is 17.3. The Morgan fingerprint density at radius 1 is 1.33 bits per heavy atom. The molecular weight excluding hydrogens is 154 g/mol. The first-order valence-corrected chi connectivity index (χ1v) is 4.14. The number of fused-ring (bicyclic) bond motifs is 1. The first kappa shape index (κ1) is 7.49. The second-order valence-corrected chi connectivity index (χ2v) is 2.94. The third-order valence-electron chi connectivity index (χ3n) is 2.11. The van der Waals surface area contributed by atoms with Crippen molar-refractivity contribution in [2.24, 2.45) is 0 Å². The molecule has 4 heteroatoms. The van der Waals surface area contributed by atoms with Gasteiger partial charge in [0.15, 0.2) is 0 Å². The molecule has 4 nitrogen and oxygen atoms in total. The molecule has 0 radical (unpaired) electrons. The van der Waals surface area contributed by atoms with E-state index in [9.17, 15) is 4.79 Å². The molecule has 1 aromatic heterocycles. The third-order valence-corrected chi connectivity index (χ3v) is 2.11. The SMILES string of the molecule is O=c1ncc2c([nH]1)CCNCC2. The van der Waals surface area contributed by atoms with Crippen LogP contribution in [0, 0.1) is 0 Å². The molecule has 0 saturated carbocycles. The summed E-state index contributed by atoms with van der Waals surface area (Å²) in [6.45, 7) is 1.91. The van der Waals surface area contributed by atoms with Gasteiger partial charge in [0.05, 0.1) is 0 Å². The minimum atomic E-state index is -0.240. The standard InChI is InChI=1S/C8H11N3O/c12-8-10-5-6-1-3-9-4-2-7(6)11-8/h5,9H,1-4H2,(H,10,11,12). The van der Waals surface area contributed by atoms with Crippen LogP contribution in [0.25, 0.3) is 0 Å². The van der Waals surface area contributed by atoms with Crippen molar-refractivity contribution in [3.63, 3.8) is 0 Å². The molecule has 1 aliphatic rings. The molecule has 1 aromatic rings. The zero-order valence-electron chi connectivity index (χ0n) is 6.76. The van der Waals surface area contributed by atoms with Gasteiger partial charge in [0.1, 0.15) is 0 Å². The van der Waals surface area contributed by atoms with Crippen LogP contribution >= 0.6 is 0 Å². The molecule has 0 spiro atoms. The van der Waals surface area contributed by atoms with Gasteiger partial charge in [-0.2, -0.15) is 0 Å². The highest BCUT2D eigenvalue weighted by atomic mass is 16.1. The van der Waals surface area contributed by atoms with E-state index < -0.39 is 0 Å². The molecule has 64 valence electrons. The lowest BCUT2D eigenvalue weighted by Crippen LogP contribution is -2.16. The molecule has 0 fully saturated rings. The van der Waals surface area contributed by atoms with Crippen molar-refractivity contribution >= 4 is 0 Å². The van der Waals surface area contributed by atoms with Crippen LogP contribution in [0.5, 0.6) is 0 Å². The van der Waals surface area contributed by atoms with Crippen molar-refractivity contribution in [3.8, 4) is 0 Å². The highest BCUT2D eigenvalue weighted by molar-refractivity contribution is 5.17. The summed E-state index contributed by atoms with van der Waals surface area (Å²) in [6.07, 6.45) is 3.54. The summed E-state index contributed by atoms with van der Waals surface area (Å²) in [5.41, 5.74) is 1.97. The number of aromatic amines is 1. The van der Waals surface area contributed by atoms with Crippen LogP contribution in [0.3, 0.4) is 0 Å². The Balaban J connectivity index is 2.43. The van der Waals surface area contributed by atoms with Crippen LogP contribution in [0.15, 0.2) is 11.0 Å². The second-order valence-electron chi connectivity index (χ2n) is 2.94. The summed E-state index contributed by atoms with van der Waals surface area (Å²) in [7, 11) is 0. The lowest BCUT2D eigenvalue weighted by molar-refractivity contribution is 0.708. The van der Waals surface area contributed by atoms with E-state index in [4.69, 9.17) is 0 Å². The van der Waals surface area contributed by atoms with E-state index in [0.717, 1.165) is 31.6 Å². The molecule has 0 amide bonds. The zero-order chi connectivity index (χ0) is 8.39. The smallest absolute Gasteiger partial charge is 0.316 e. The topological polar surface area (TPSA) is 57.8 Å². The molecule has 0 aliphatic carbocycles. The minimum absolute atomic E-state index is 0.240. The largest absolute Gasteiger partial charge is 0.345 e. The average molecular weight is 165 g/mol. The molecule has 0 saturated heterocycles. The van der Waals surface area contributed by atoms with Gasteiger partial charge < -0.3 is 10.3 Å². The maximum atomic E-state index is 10.9. The van der Waals surface area contributed by atoms with Crippen LogP contribution in [-0.2, 0) is 12.8 Å². The lowest BCUT2D eigenvalue weighted by Gasteiger charge is -2.00. The van der Waals surface area contributed by atoms with E-state index in [2.05, 4.69) is 15.3 Å². The second kappa shape index (κ2) is 3.06. The van der Waals surface area contributed by atoms with Gasteiger partial charge in [-0.1, -0.05) is 0 Å². The van der Waals surface area contributed by atoms with E-state index in [1.165, 1.54) is 5.56 Å². The molecule has 1 aliphatic heterocycles. The van der Waals surface area contributed by atoms with Crippen molar-refractivity contribution in [2.45, 2.75) is 12.8 Å². The van der Waals surface area contributed by atoms with Crippen molar-refractivity contribution in [2.75, 3.05) is 13.1 Å². The number of nitrogens with one attached hydrogen (secondary N) is 2. The van der Waals surface area contributed by atoms with E-state index in [-0.39, 0.29) is 5.69 Å². The molecule has 12 heavy (non-hydrogen) atoms. The Morgan fingerprint density at radius 2 is 2.17 bits per heavy atom. The Morgan fingerprint density at radius 3 is 3.08 bits per heavy atom. The van der Waals surface area contributed by atoms with Gasteiger partial charge in [0.25, 0.3) is 0 Å². The van der Waals surface area contributed by atoms with Gasteiger partial charge in [-0.05, 0) is 18.5 Å². The predicted octanol–water partition coefficient (Wildman–Crippen LogP) is -0.542. The Labute approximate surface area is 70.0 Å². The van der Waals surface area contributed by atoms with Crippen molar-refractivity contribution in [1.82, 2.24) is 15.3 Å². The molecule has 2 N–H and O–H groups in total. The summed E-state index contributed by atoms with van der Waals surface area (Å²) in [5.74, 6) is 0. The fraction of sp³-hybridized carbons (Fsp3) is 0.500. The van der Waals surface area contributed by atoms with E-state index >= 15 is 0 Å². The van der Waals surface area contributed by atoms with Crippen LogP contribution in [0.1, 0.15) is 11.3 Å². The Kier molecular flexibility index (Phi) is 1.91. The highest BCUT2D eigenvalue weighted by Crippen LogP contribution is 2.05. The first-order valence-electron chi connectivity index (χ1n) is 4.14. The number of hydrogen-bond donors (Lipinski definition) is 2. The molecule has 0 unspecified atom stereocenters. The van der Waals surface area contributed by atoms with Gasteiger partial charge in [0, 0.05) is 24.9 Å². The summed E-state index contributed by atoms with van der Waals surface area (Å²) >= 11 is 0. The Bertz CT molecular complexity index is 331. The van der Waals surface area contributed by atoms with Crippen molar-refractivity contribution in [1.29, 1.82) is 0 Å². The fourth-order valence-electron chi connectivity index (χ4n) is 1.46. The van der Waals surface area contributed by atoms with Gasteiger partial charge >= 0.3 is 5.69 Å². The van der Waals surface area contributed by atoms with E-state index in [1.54, 1.807) is 6.20 Å². The third kappa shape index (κ3) is 1.38. The van der Waals surface area contributed by atoms with E-state index in [0.29, 0.717) is 0 Å². The molecule has 0 atom stereocenters. The summed E-state index contributed by atoms with van der Waals surface area (Å²) in [5, 5.41) is 3.26. The van der Waals surface area contributed by atoms with Gasteiger partial charge in [0.2, 0.25) is 0 Å². The molecule has 2 rings (SSSR count). The highest BCUT2D eigenvalue weighted by Gasteiger charge is 2.07. The fourth-order valence-corrected chi connectivity index (χ4v) is 1.46. The van der Waals surface area contributed by atoms with Crippen LogP contribution in [-0.4, -0.2) is 23.1 Å². The van der Waals surface area contributed by atoms with Crippen LogP contribution in [0.4, 0.5) is 0 Å². The number of aromatic nitrogens is 2. The van der Waals surface area contributed by atoms with Gasteiger partial charge in [-0.25, -0.2) is 9.78 Å². The van der Waals surface area contributed by atoms with E-state index in [1.807, 2.05) is 0 Å². The normalized spacial score (nSPS) is 16.7. The number of hydrogen-bond acceptors (Lipinski definition) is 3. The maximum absolute atomic E-state index is 10.9. The molecule has 2 heterocycles. The monoisotopic (exact) mass is 165 g/mol. The summed E-state index contributed by atoms with van der Waals surface area (Å²) < 4.78 is 0. The number of rotatable bonds is 0. The minimum Gasteiger partial charge on any atom is -0.316 e.